The Labute approximate surface area is 232 Å². The minimum atomic E-state index is -0.381. The van der Waals surface area contributed by atoms with E-state index in [4.69, 9.17) is 9.40 Å². The maximum absolute atomic E-state index is 13.0. The molecule has 0 radical (unpaired) electrons. The summed E-state index contributed by atoms with van der Waals surface area (Å²) < 4.78 is 8.94. The molecule has 0 fully saturated rings. The minimum Gasteiger partial charge on any atom is -0.455 e. The number of imidazole rings is 1. The molecular formula is C27H27BrN8O3. The Bertz CT molecular complexity index is 1660. The van der Waals surface area contributed by atoms with E-state index in [2.05, 4.69) is 54.1 Å². The molecule has 3 heterocycles. The van der Waals surface area contributed by atoms with Gasteiger partial charge in [-0.25, -0.2) is 10.1 Å². The van der Waals surface area contributed by atoms with E-state index in [0.717, 1.165) is 34.1 Å². The molecule has 0 unspecified atom stereocenters. The predicted octanol–water partition coefficient (Wildman–Crippen LogP) is 4.88. The van der Waals surface area contributed by atoms with Crippen LogP contribution in [0.3, 0.4) is 0 Å². The zero-order valence-corrected chi connectivity index (χ0v) is 23.3. The second kappa shape index (κ2) is 11.2. The number of amides is 2. The molecule has 3 aromatic heterocycles. The molecule has 12 heteroatoms. The van der Waals surface area contributed by atoms with Crippen LogP contribution in [0.15, 0.2) is 51.4 Å². The highest BCUT2D eigenvalue weighted by molar-refractivity contribution is 9.10. The van der Waals surface area contributed by atoms with E-state index in [-0.39, 0.29) is 17.8 Å². The summed E-state index contributed by atoms with van der Waals surface area (Å²) in [5.74, 6) is 1.04. The Kier molecular flexibility index (Phi) is 7.55. The van der Waals surface area contributed by atoms with E-state index in [1.165, 1.54) is 0 Å². The van der Waals surface area contributed by atoms with Crippen LogP contribution in [-0.4, -0.2) is 48.5 Å². The van der Waals surface area contributed by atoms with Crippen molar-refractivity contribution < 1.29 is 14.0 Å². The van der Waals surface area contributed by atoms with Crippen molar-refractivity contribution in [2.24, 2.45) is 0 Å². The lowest BCUT2D eigenvalue weighted by Gasteiger charge is -2.12. The molecular weight excluding hydrogens is 564 g/mol. The van der Waals surface area contributed by atoms with Gasteiger partial charge in [0, 0.05) is 30.5 Å². The fourth-order valence-corrected chi connectivity index (χ4v) is 5.19. The van der Waals surface area contributed by atoms with Gasteiger partial charge in [-0.05, 0) is 70.4 Å². The van der Waals surface area contributed by atoms with Crippen LogP contribution in [0.4, 0.5) is 5.95 Å². The zero-order chi connectivity index (χ0) is 27.5. The van der Waals surface area contributed by atoms with Gasteiger partial charge in [0.15, 0.2) is 0 Å². The van der Waals surface area contributed by atoms with Crippen molar-refractivity contribution in [2.45, 2.75) is 40.2 Å². The van der Waals surface area contributed by atoms with Crippen molar-refractivity contribution in [3.05, 3.63) is 75.3 Å². The van der Waals surface area contributed by atoms with Crippen LogP contribution in [0, 0.1) is 6.92 Å². The first-order valence-corrected chi connectivity index (χ1v) is 13.4. The Hall–Kier alpha value is -4.32. The largest absolute Gasteiger partial charge is 0.455 e. The van der Waals surface area contributed by atoms with Crippen molar-refractivity contribution in [1.29, 1.82) is 0 Å². The highest BCUT2D eigenvalue weighted by atomic mass is 79.9. The van der Waals surface area contributed by atoms with Crippen LogP contribution in [0.25, 0.3) is 22.3 Å². The summed E-state index contributed by atoms with van der Waals surface area (Å²) in [6.45, 7) is 6.88. The summed E-state index contributed by atoms with van der Waals surface area (Å²) in [5, 5.41) is 19.6. The van der Waals surface area contributed by atoms with Crippen LogP contribution < -0.4 is 10.6 Å². The number of anilines is 1. The van der Waals surface area contributed by atoms with Crippen molar-refractivity contribution in [1.82, 2.24) is 35.5 Å². The third-order valence-corrected chi connectivity index (χ3v) is 7.06. The lowest BCUT2D eigenvalue weighted by molar-refractivity contribution is 0.0945. The van der Waals surface area contributed by atoms with Gasteiger partial charge in [0.05, 0.1) is 15.7 Å². The average molecular weight is 591 g/mol. The summed E-state index contributed by atoms with van der Waals surface area (Å²) in [5.41, 5.74) is 3.96. The molecule has 0 spiro atoms. The number of aromatic nitrogens is 6. The second-order valence-electron chi connectivity index (χ2n) is 8.98. The molecule has 5 rings (SSSR count). The number of aromatic amines is 1. The molecule has 3 N–H and O–H groups in total. The normalized spacial score (nSPS) is 11.2. The molecule has 0 aliphatic rings. The van der Waals surface area contributed by atoms with Crippen molar-refractivity contribution in [3.8, 4) is 11.3 Å². The van der Waals surface area contributed by atoms with Gasteiger partial charge < -0.3 is 14.3 Å². The van der Waals surface area contributed by atoms with E-state index in [1.807, 2.05) is 48.7 Å². The smallest absolute Gasteiger partial charge is 0.269 e. The number of H-pyrrole nitrogens is 1. The van der Waals surface area contributed by atoms with Gasteiger partial charge in [0.2, 0.25) is 5.95 Å². The number of carbonyl (C=O) groups excluding carboxylic acids is 2. The Morgan fingerprint density at radius 1 is 1.13 bits per heavy atom. The number of benzene rings is 2. The summed E-state index contributed by atoms with van der Waals surface area (Å²) in [6, 6.07) is 13.1. The molecule has 2 amide bonds. The monoisotopic (exact) mass is 590 g/mol. The number of furan rings is 1. The molecule has 0 bridgehead atoms. The average Bonchev–Trinajstić information content (AvgIpc) is 3.63. The van der Waals surface area contributed by atoms with Gasteiger partial charge >= 0.3 is 0 Å². The van der Waals surface area contributed by atoms with Crippen LogP contribution in [0.5, 0.6) is 0 Å². The molecule has 11 nitrogen and oxygen atoms in total. The van der Waals surface area contributed by atoms with Crippen molar-refractivity contribution in [2.75, 3.05) is 11.9 Å². The number of halogens is 1. The summed E-state index contributed by atoms with van der Waals surface area (Å²) in [4.78, 5) is 30.6. The van der Waals surface area contributed by atoms with E-state index in [0.29, 0.717) is 46.9 Å². The molecule has 39 heavy (non-hydrogen) atoms. The third-order valence-electron chi connectivity index (χ3n) is 6.27. The quantitative estimate of drug-likeness (QED) is 0.222. The number of hydrogen-bond acceptors (Lipinski definition) is 7. The minimum absolute atomic E-state index is 0.131. The van der Waals surface area contributed by atoms with Crippen LogP contribution in [0.1, 0.15) is 58.2 Å². The van der Waals surface area contributed by atoms with Gasteiger partial charge in [0.1, 0.15) is 22.9 Å². The molecule has 0 saturated carbocycles. The van der Waals surface area contributed by atoms with Gasteiger partial charge in [0.25, 0.3) is 11.8 Å². The molecule has 0 aliphatic heterocycles. The number of hydrogen-bond donors (Lipinski definition) is 3. The number of tetrazole rings is 1. The molecule has 5 aromatic rings. The number of carbonyl (C=O) groups is 2. The fraction of sp³-hybridized carbons (Fsp3) is 0.259. The lowest BCUT2D eigenvalue weighted by atomic mass is 10.0. The van der Waals surface area contributed by atoms with E-state index in [9.17, 15) is 9.59 Å². The molecule has 200 valence electrons. The van der Waals surface area contributed by atoms with E-state index < -0.39 is 0 Å². The maximum Gasteiger partial charge on any atom is 0.269 e. The highest BCUT2D eigenvalue weighted by Crippen LogP contribution is 2.39. The van der Waals surface area contributed by atoms with Crippen LogP contribution >= 0.6 is 15.9 Å². The third kappa shape index (κ3) is 5.19. The number of fused-ring (bicyclic) bond motifs is 1. The van der Waals surface area contributed by atoms with Crippen molar-refractivity contribution >= 4 is 44.7 Å². The Morgan fingerprint density at radius 2 is 1.95 bits per heavy atom. The first-order chi connectivity index (χ1) is 18.9. The first kappa shape index (κ1) is 26.3. The summed E-state index contributed by atoms with van der Waals surface area (Å²) >= 11 is 3.71. The molecule has 0 saturated heterocycles. The number of rotatable bonds is 9. The maximum atomic E-state index is 13.0. The fourth-order valence-electron chi connectivity index (χ4n) is 4.58. The molecule has 0 aliphatic carbocycles. The van der Waals surface area contributed by atoms with Gasteiger partial charge in [-0.15, -0.1) is 0 Å². The molecule has 2 aromatic carbocycles. The van der Waals surface area contributed by atoms with Gasteiger partial charge in [-0.3, -0.25) is 14.9 Å². The second-order valence-corrected chi connectivity index (χ2v) is 9.78. The summed E-state index contributed by atoms with van der Waals surface area (Å²) in [6.07, 6.45) is 1.69. The topological polar surface area (TPSA) is 144 Å². The number of nitrogens with one attached hydrogen (secondary N) is 3. The predicted molar refractivity (Wildman–Crippen MR) is 150 cm³/mol. The number of nitrogens with zero attached hydrogens (tertiary/aromatic N) is 5. The Morgan fingerprint density at radius 3 is 2.69 bits per heavy atom. The molecule has 0 atom stereocenters. The zero-order valence-electron chi connectivity index (χ0n) is 21.7. The first-order valence-electron chi connectivity index (χ1n) is 12.6. The SMILES string of the molecule is CCCc1nc(C)c(C(=O)NCC)n1Cc1ccc2oc(-c3ccccc3C(=O)Nc3nnn[nH]3)c(Br)c2c1. The van der Waals surface area contributed by atoms with Crippen molar-refractivity contribution in [3.63, 3.8) is 0 Å². The van der Waals surface area contributed by atoms with Gasteiger partial charge in [-0.2, -0.15) is 0 Å². The van der Waals surface area contributed by atoms with Gasteiger partial charge in [-0.1, -0.05) is 36.3 Å². The lowest BCUT2D eigenvalue weighted by Crippen LogP contribution is -2.27. The van der Waals surface area contributed by atoms with Crippen LogP contribution in [0.2, 0.25) is 0 Å². The van der Waals surface area contributed by atoms with E-state index in [1.54, 1.807) is 12.1 Å². The standard InChI is InChI=1S/C27H27BrN8O3/c1-4-8-21-30-15(3)23(26(38)29-5-2)36(21)14-16-11-12-20-19(13-16)22(28)24(39-20)17-9-6-7-10-18(17)25(37)31-27-32-34-35-33-27/h6-7,9-13H,4-5,8,14H2,1-3H3,(H,29,38)(H2,31,32,33,34,35,37). The van der Waals surface area contributed by atoms with E-state index >= 15 is 0 Å². The summed E-state index contributed by atoms with van der Waals surface area (Å²) in [7, 11) is 0. The highest BCUT2D eigenvalue weighted by Gasteiger charge is 2.23. The van der Waals surface area contributed by atoms with Crippen LogP contribution in [-0.2, 0) is 13.0 Å². The Balaban J connectivity index is 1.52. The number of aryl methyl sites for hydroxylation is 2.